The lowest BCUT2D eigenvalue weighted by atomic mass is 10.1. The molecule has 0 unspecified atom stereocenters. The van der Waals surface area contributed by atoms with E-state index in [-0.39, 0.29) is 11.7 Å². The highest BCUT2D eigenvalue weighted by molar-refractivity contribution is 5.95. The first-order valence-electron chi connectivity index (χ1n) is 9.06. The molecule has 0 fully saturated rings. The van der Waals surface area contributed by atoms with Crippen LogP contribution in [0.3, 0.4) is 0 Å². The van der Waals surface area contributed by atoms with E-state index in [1.807, 2.05) is 25.1 Å². The summed E-state index contributed by atoms with van der Waals surface area (Å²) in [6, 6.07) is 20.4. The lowest BCUT2D eigenvalue weighted by Crippen LogP contribution is -2.26. The molecule has 3 aromatic carbocycles. The fraction of sp³-hybridized carbons (Fsp3) is 0.130. The average molecular weight is 373 g/mol. The molecule has 5 heteroatoms. The molecule has 0 bridgehead atoms. The van der Waals surface area contributed by atoms with Gasteiger partial charge in [0.15, 0.2) is 0 Å². The fourth-order valence-corrected chi connectivity index (χ4v) is 3.35. The fourth-order valence-electron chi connectivity index (χ4n) is 3.35. The van der Waals surface area contributed by atoms with E-state index in [0.717, 1.165) is 22.3 Å². The van der Waals surface area contributed by atoms with Crippen LogP contribution in [-0.2, 0) is 6.54 Å². The standard InChI is InChI=1S/C23H20FN3O/c1-16-22(14-25-27(16)21-11-9-20(24)10-12-21)23(28)26(2)15-17-7-8-18-5-3-4-6-19(18)13-17/h3-14H,15H2,1-2H3. The van der Waals surface area contributed by atoms with Gasteiger partial charge in [0.1, 0.15) is 5.82 Å². The zero-order chi connectivity index (χ0) is 19.7. The molecule has 0 aliphatic heterocycles. The molecular weight excluding hydrogens is 353 g/mol. The van der Waals surface area contributed by atoms with Gasteiger partial charge in [-0.05, 0) is 53.6 Å². The first-order chi connectivity index (χ1) is 13.5. The van der Waals surface area contributed by atoms with E-state index in [1.54, 1.807) is 35.0 Å². The van der Waals surface area contributed by atoms with Crippen molar-refractivity contribution in [3.63, 3.8) is 0 Å². The molecule has 4 rings (SSSR count). The molecule has 0 radical (unpaired) electrons. The van der Waals surface area contributed by atoms with Gasteiger partial charge in [-0.1, -0.05) is 36.4 Å². The van der Waals surface area contributed by atoms with Crippen LogP contribution in [0, 0.1) is 12.7 Å². The zero-order valence-corrected chi connectivity index (χ0v) is 15.8. The summed E-state index contributed by atoms with van der Waals surface area (Å²) in [5.41, 5.74) is 3.04. The molecule has 140 valence electrons. The molecule has 0 aliphatic rings. The van der Waals surface area contributed by atoms with E-state index in [2.05, 4.69) is 29.4 Å². The Bertz CT molecular complexity index is 1150. The van der Waals surface area contributed by atoms with Crippen LogP contribution in [-0.4, -0.2) is 27.6 Å². The molecule has 28 heavy (non-hydrogen) atoms. The summed E-state index contributed by atoms with van der Waals surface area (Å²) in [7, 11) is 1.78. The molecule has 4 aromatic rings. The number of hydrogen-bond acceptors (Lipinski definition) is 2. The predicted octanol–water partition coefficient (Wildman–Crippen LogP) is 4.75. The average Bonchev–Trinajstić information content (AvgIpc) is 3.09. The van der Waals surface area contributed by atoms with Crippen molar-refractivity contribution in [2.75, 3.05) is 7.05 Å². The van der Waals surface area contributed by atoms with Gasteiger partial charge in [0.05, 0.1) is 23.1 Å². The number of fused-ring (bicyclic) bond motifs is 1. The predicted molar refractivity (Wildman–Crippen MR) is 108 cm³/mol. The van der Waals surface area contributed by atoms with Gasteiger partial charge in [0.2, 0.25) is 0 Å². The lowest BCUT2D eigenvalue weighted by Gasteiger charge is -2.17. The summed E-state index contributed by atoms with van der Waals surface area (Å²) in [5.74, 6) is -0.404. The molecule has 0 aliphatic carbocycles. The first-order valence-corrected chi connectivity index (χ1v) is 9.06. The van der Waals surface area contributed by atoms with Crippen LogP contribution in [0.4, 0.5) is 4.39 Å². The Hall–Kier alpha value is -3.47. The molecule has 1 heterocycles. The van der Waals surface area contributed by atoms with Crippen molar-refractivity contribution in [3.05, 3.63) is 95.6 Å². The van der Waals surface area contributed by atoms with Crippen molar-refractivity contribution in [1.82, 2.24) is 14.7 Å². The highest BCUT2D eigenvalue weighted by Crippen LogP contribution is 2.19. The van der Waals surface area contributed by atoms with E-state index in [0.29, 0.717) is 12.1 Å². The number of carbonyl (C=O) groups is 1. The second-order valence-electron chi connectivity index (χ2n) is 6.87. The van der Waals surface area contributed by atoms with Crippen molar-refractivity contribution >= 4 is 16.7 Å². The van der Waals surface area contributed by atoms with Crippen molar-refractivity contribution in [3.8, 4) is 5.69 Å². The maximum absolute atomic E-state index is 13.2. The quantitative estimate of drug-likeness (QED) is 0.518. The molecule has 0 spiro atoms. The molecule has 0 atom stereocenters. The highest BCUT2D eigenvalue weighted by Gasteiger charge is 2.19. The molecule has 1 aromatic heterocycles. The summed E-state index contributed by atoms with van der Waals surface area (Å²) >= 11 is 0. The molecular formula is C23H20FN3O. The maximum Gasteiger partial charge on any atom is 0.257 e. The van der Waals surface area contributed by atoms with Crippen LogP contribution in [0.15, 0.2) is 72.9 Å². The third-order valence-electron chi connectivity index (χ3n) is 4.89. The third kappa shape index (κ3) is 3.39. The smallest absolute Gasteiger partial charge is 0.257 e. The lowest BCUT2D eigenvalue weighted by molar-refractivity contribution is 0.0784. The monoisotopic (exact) mass is 373 g/mol. The zero-order valence-electron chi connectivity index (χ0n) is 15.8. The molecule has 4 nitrogen and oxygen atoms in total. The molecule has 0 N–H and O–H groups in total. The van der Waals surface area contributed by atoms with Crippen molar-refractivity contribution in [1.29, 1.82) is 0 Å². The number of hydrogen-bond donors (Lipinski definition) is 0. The number of halogens is 1. The SMILES string of the molecule is Cc1c(C(=O)N(C)Cc2ccc3ccccc3c2)cnn1-c1ccc(F)cc1. The van der Waals surface area contributed by atoms with Crippen LogP contribution in [0.5, 0.6) is 0 Å². The van der Waals surface area contributed by atoms with Gasteiger partial charge >= 0.3 is 0 Å². The number of carbonyl (C=O) groups excluding carboxylic acids is 1. The van der Waals surface area contributed by atoms with Crippen LogP contribution in [0.25, 0.3) is 16.5 Å². The molecule has 0 saturated heterocycles. The van der Waals surface area contributed by atoms with Crippen molar-refractivity contribution in [2.45, 2.75) is 13.5 Å². The number of aromatic nitrogens is 2. The van der Waals surface area contributed by atoms with Gasteiger partial charge in [-0.25, -0.2) is 9.07 Å². The van der Waals surface area contributed by atoms with Crippen LogP contribution >= 0.6 is 0 Å². The van der Waals surface area contributed by atoms with Crippen LogP contribution in [0.1, 0.15) is 21.6 Å². The van der Waals surface area contributed by atoms with E-state index >= 15 is 0 Å². The number of benzene rings is 3. The Labute approximate surface area is 162 Å². The Morgan fingerprint density at radius 1 is 1.04 bits per heavy atom. The highest BCUT2D eigenvalue weighted by atomic mass is 19.1. The van der Waals surface area contributed by atoms with E-state index in [9.17, 15) is 9.18 Å². The Morgan fingerprint density at radius 3 is 2.50 bits per heavy atom. The summed E-state index contributed by atoms with van der Waals surface area (Å²) in [6.45, 7) is 2.35. The van der Waals surface area contributed by atoms with E-state index < -0.39 is 0 Å². The van der Waals surface area contributed by atoms with Crippen molar-refractivity contribution in [2.24, 2.45) is 0 Å². The van der Waals surface area contributed by atoms with E-state index in [4.69, 9.17) is 0 Å². The molecule has 0 saturated carbocycles. The van der Waals surface area contributed by atoms with Crippen LogP contribution < -0.4 is 0 Å². The first kappa shape index (κ1) is 17.9. The minimum Gasteiger partial charge on any atom is -0.337 e. The summed E-state index contributed by atoms with van der Waals surface area (Å²) in [4.78, 5) is 14.6. The number of amides is 1. The van der Waals surface area contributed by atoms with E-state index in [1.165, 1.54) is 17.5 Å². The Balaban J connectivity index is 1.55. The minimum atomic E-state index is -0.306. The van der Waals surface area contributed by atoms with Gasteiger partial charge in [-0.15, -0.1) is 0 Å². The van der Waals surface area contributed by atoms with Crippen molar-refractivity contribution < 1.29 is 9.18 Å². The second-order valence-corrected chi connectivity index (χ2v) is 6.87. The molecule has 1 amide bonds. The maximum atomic E-state index is 13.2. The van der Waals surface area contributed by atoms with Crippen LogP contribution in [0.2, 0.25) is 0 Å². The number of nitrogens with zero attached hydrogens (tertiary/aromatic N) is 3. The number of rotatable bonds is 4. The Morgan fingerprint density at radius 2 is 1.75 bits per heavy atom. The van der Waals surface area contributed by atoms with Gasteiger partial charge < -0.3 is 4.90 Å². The third-order valence-corrected chi connectivity index (χ3v) is 4.89. The van der Waals surface area contributed by atoms with Gasteiger partial charge in [0.25, 0.3) is 5.91 Å². The second kappa shape index (κ2) is 7.27. The van der Waals surface area contributed by atoms with Gasteiger partial charge in [-0.3, -0.25) is 4.79 Å². The topological polar surface area (TPSA) is 38.1 Å². The Kier molecular flexibility index (Phi) is 4.65. The summed E-state index contributed by atoms with van der Waals surface area (Å²) in [5, 5.41) is 6.65. The summed E-state index contributed by atoms with van der Waals surface area (Å²) in [6.07, 6.45) is 1.57. The summed E-state index contributed by atoms with van der Waals surface area (Å²) < 4.78 is 14.8. The van der Waals surface area contributed by atoms with Gasteiger partial charge in [-0.2, -0.15) is 5.10 Å². The normalized spacial score (nSPS) is 11.0. The minimum absolute atomic E-state index is 0.0981. The van der Waals surface area contributed by atoms with Gasteiger partial charge in [0, 0.05) is 13.6 Å². The largest absolute Gasteiger partial charge is 0.337 e.